The largest absolute Gasteiger partial charge is 0.250 e. The van der Waals surface area contributed by atoms with Crippen molar-refractivity contribution < 1.29 is 8.78 Å². The third kappa shape index (κ3) is 1.83. The highest BCUT2D eigenvalue weighted by Gasteiger charge is 2.13. The Morgan fingerprint density at radius 2 is 2.23 bits per heavy atom. The molecule has 0 aliphatic carbocycles. The van der Waals surface area contributed by atoms with Gasteiger partial charge in [-0.15, -0.1) is 0 Å². The molecular weight excluding hydrogens is 172 g/mol. The van der Waals surface area contributed by atoms with Crippen LogP contribution in [-0.2, 0) is 0 Å². The summed E-state index contributed by atoms with van der Waals surface area (Å²) in [6.07, 6.45) is 0. The normalized spacial score (nSPS) is 10.1. The third-order valence-electron chi connectivity index (χ3n) is 1.79. The van der Waals surface area contributed by atoms with E-state index >= 15 is 0 Å². The highest BCUT2D eigenvalue weighted by atomic mass is 19.1. The predicted molar refractivity (Wildman–Crippen MR) is 45.1 cm³/mol. The Labute approximate surface area is 75.6 Å². The molecule has 0 aromatic heterocycles. The summed E-state index contributed by atoms with van der Waals surface area (Å²) in [5.41, 5.74) is 0.266. The van der Waals surface area contributed by atoms with E-state index in [1.165, 1.54) is 25.1 Å². The molecule has 0 saturated carbocycles. The molecule has 0 N–H and O–H groups in total. The topological polar surface area (TPSA) is 23.8 Å². The van der Waals surface area contributed by atoms with E-state index in [0.29, 0.717) is 11.5 Å². The van der Waals surface area contributed by atoms with Crippen LogP contribution in [0.5, 0.6) is 0 Å². The van der Waals surface area contributed by atoms with E-state index in [2.05, 4.69) is 0 Å². The van der Waals surface area contributed by atoms with Gasteiger partial charge in [0.2, 0.25) is 0 Å². The first-order valence-corrected chi connectivity index (χ1v) is 3.78. The number of nitrogens with zero attached hydrogens (tertiary/aromatic N) is 1. The summed E-state index contributed by atoms with van der Waals surface area (Å²) in [5, 5.41) is 8.62. The lowest BCUT2D eigenvalue weighted by atomic mass is 9.97. The van der Waals surface area contributed by atoms with Crippen LogP contribution in [0.3, 0.4) is 0 Å². The molecule has 0 heterocycles. The highest BCUT2D eigenvalue weighted by molar-refractivity contribution is 5.46. The molecule has 0 atom stereocenters. The lowest BCUT2D eigenvalue weighted by molar-refractivity contribution is 0.514. The van der Waals surface area contributed by atoms with Crippen molar-refractivity contribution in [1.29, 1.82) is 5.26 Å². The fraction of sp³-hybridized carbons (Fsp3) is 0.200. The minimum absolute atomic E-state index is 0.0855. The summed E-state index contributed by atoms with van der Waals surface area (Å²) >= 11 is 0. The van der Waals surface area contributed by atoms with Crippen molar-refractivity contribution in [2.75, 3.05) is 6.67 Å². The SMILES string of the molecule is C[C](CF)c1cccc(F)c1C#N. The van der Waals surface area contributed by atoms with Gasteiger partial charge in [-0.05, 0) is 11.6 Å². The molecule has 1 nitrogen and oxygen atoms in total. The Morgan fingerprint density at radius 3 is 2.77 bits per heavy atom. The first-order valence-electron chi connectivity index (χ1n) is 3.78. The minimum Gasteiger partial charge on any atom is -0.250 e. The average Bonchev–Trinajstić information content (AvgIpc) is 2.16. The Balaban J connectivity index is 3.22. The van der Waals surface area contributed by atoms with Crippen molar-refractivity contribution in [3.8, 4) is 6.07 Å². The van der Waals surface area contributed by atoms with Crippen molar-refractivity contribution in [3.63, 3.8) is 0 Å². The van der Waals surface area contributed by atoms with Gasteiger partial charge in [-0.3, -0.25) is 4.39 Å². The number of benzene rings is 1. The van der Waals surface area contributed by atoms with Gasteiger partial charge < -0.3 is 0 Å². The number of hydrogen-bond donors (Lipinski definition) is 0. The maximum atomic E-state index is 13.0. The van der Waals surface area contributed by atoms with Crippen molar-refractivity contribution in [1.82, 2.24) is 0 Å². The van der Waals surface area contributed by atoms with Gasteiger partial charge in [0.05, 0.1) is 12.2 Å². The molecule has 1 rings (SSSR count). The molecule has 13 heavy (non-hydrogen) atoms. The molecule has 1 aromatic rings. The smallest absolute Gasteiger partial charge is 0.141 e. The zero-order chi connectivity index (χ0) is 9.84. The lowest BCUT2D eigenvalue weighted by Gasteiger charge is -2.08. The van der Waals surface area contributed by atoms with Gasteiger partial charge in [-0.2, -0.15) is 5.26 Å². The van der Waals surface area contributed by atoms with Gasteiger partial charge in [0.15, 0.2) is 0 Å². The maximum absolute atomic E-state index is 13.0. The van der Waals surface area contributed by atoms with E-state index in [9.17, 15) is 8.78 Å². The van der Waals surface area contributed by atoms with Crippen molar-refractivity contribution >= 4 is 0 Å². The second-order valence-corrected chi connectivity index (χ2v) is 2.69. The lowest BCUT2D eigenvalue weighted by Crippen LogP contribution is -2.01. The van der Waals surface area contributed by atoms with Crippen molar-refractivity contribution in [2.45, 2.75) is 6.92 Å². The van der Waals surface area contributed by atoms with E-state index in [1.807, 2.05) is 0 Å². The van der Waals surface area contributed by atoms with Crippen LogP contribution < -0.4 is 0 Å². The summed E-state index contributed by atoms with van der Waals surface area (Å²) in [6.45, 7) is 0.869. The van der Waals surface area contributed by atoms with Crippen LogP contribution in [0.1, 0.15) is 18.1 Å². The molecule has 0 bridgehead atoms. The van der Waals surface area contributed by atoms with Crippen LogP contribution in [0, 0.1) is 23.1 Å². The zero-order valence-corrected chi connectivity index (χ0v) is 7.14. The molecule has 0 fully saturated rings. The molecule has 3 heteroatoms. The van der Waals surface area contributed by atoms with Crippen LogP contribution in [0.15, 0.2) is 18.2 Å². The number of nitriles is 1. The van der Waals surface area contributed by atoms with Crippen molar-refractivity contribution in [3.05, 3.63) is 41.1 Å². The Hall–Kier alpha value is -1.43. The fourth-order valence-electron chi connectivity index (χ4n) is 1.07. The Bertz CT molecular complexity index is 341. The second-order valence-electron chi connectivity index (χ2n) is 2.69. The molecule has 0 unspecified atom stereocenters. The van der Waals surface area contributed by atoms with Gasteiger partial charge in [-0.25, -0.2) is 4.39 Å². The average molecular weight is 180 g/mol. The molecule has 0 aliphatic rings. The van der Waals surface area contributed by atoms with Crippen LogP contribution >= 0.6 is 0 Å². The van der Waals surface area contributed by atoms with Crippen LogP contribution in [0.2, 0.25) is 0 Å². The number of hydrogen-bond acceptors (Lipinski definition) is 1. The number of alkyl halides is 1. The minimum atomic E-state index is -0.669. The monoisotopic (exact) mass is 180 g/mol. The molecule has 0 aliphatic heterocycles. The fourth-order valence-corrected chi connectivity index (χ4v) is 1.07. The van der Waals surface area contributed by atoms with Gasteiger partial charge >= 0.3 is 0 Å². The molecule has 0 spiro atoms. The molecule has 1 radical (unpaired) electrons. The summed E-state index contributed by atoms with van der Waals surface area (Å²) in [4.78, 5) is 0. The third-order valence-corrected chi connectivity index (χ3v) is 1.79. The van der Waals surface area contributed by atoms with Gasteiger partial charge in [0.1, 0.15) is 11.9 Å². The van der Waals surface area contributed by atoms with E-state index in [4.69, 9.17) is 5.26 Å². The Kier molecular flexibility index (Phi) is 2.97. The van der Waals surface area contributed by atoms with E-state index in [-0.39, 0.29) is 5.56 Å². The highest BCUT2D eigenvalue weighted by Crippen LogP contribution is 2.20. The second kappa shape index (κ2) is 3.99. The summed E-state index contributed by atoms with van der Waals surface area (Å²) in [6, 6.07) is 5.91. The molecule has 1 aromatic carbocycles. The molecule has 0 saturated heterocycles. The predicted octanol–water partition coefficient (Wildman–Crippen LogP) is 2.61. The zero-order valence-electron chi connectivity index (χ0n) is 7.14. The molecular formula is C10H8F2N. The summed E-state index contributed by atoms with van der Waals surface area (Å²) < 4.78 is 25.2. The maximum Gasteiger partial charge on any atom is 0.141 e. The number of rotatable bonds is 2. The molecule has 67 valence electrons. The van der Waals surface area contributed by atoms with E-state index < -0.39 is 12.5 Å². The summed E-state index contributed by atoms with van der Waals surface area (Å²) in [5.74, 6) is -0.233. The standard InChI is InChI=1S/C10H8F2N/c1-7(5-11)8-3-2-4-10(12)9(8)6-13/h2-4H,5H2,1H3. The van der Waals surface area contributed by atoms with Gasteiger partial charge in [0, 0.05) is 5.92 Å². The van der Waals surface area contributed by atoms with Crippen LogP contribution in [-0.4, -0.2) is 6.67 Å². The van der Waals surface area contributed by atoms with E-state index in [0.717, 1.165) is 0 Å². The van der Waals surface area contributed by atoms with Gasteiger partial charge in [-0.1, -0.05) is 19.1 Å². The Morgan fingerprint density at radius 1 is 1.54 bits per heavy atom. The van der Waals surface area contributed by atoms with Crippen LogP contribution in [0.25, 0.3) is 0 Å². The number of halogens is 2. The first kappa shape index (κ1) is 9.66. The first-order chi connectivity index (χ1) is 6.20. The quantitative estimate of drug-likeness (QED) is 0.686. The summed E-state index contributed by atoms with van der Waals surface area (Å²) in [7, 11) is 0. The van der Waals surface area contributed by atoms with E-state index in [1.54, 1.807) is 6.07 Å². The van der Waals surface area contributed by atoms with Crippen LogP contribution in [0.4, 0.5) is 8.78 Å². The van der Waals surface area contributed by atoms with Crippen molar-refractivity contribution in [2.24, 2.45) is 0 Å². The molecule has 0 amide bonds. The van der Waals surface area contributed by atoms with Gasteiger partial charge in [0.25, 0.3) is 0 Å².